The van der Waals surface area contributed by atoms with Gasteiger partial charge in [-0.15, -0.1) is 0 Å². The van der Waals surface area contributed by atoms with Gasteiger partial charge in [0.05, 0.1) is 6.10 Å². The van der Waals surface area contributed by atoms with E-state index in [2.05, 4.69) is 20.8 Å². The van der Waals surface area contributed by atoms with Crippen molar-refractivity contribution >= 4 is 0 Å². The molecule has 0 heterocycles. The summed E-state index contributed by atoms with van der Waals surface area (Å²) in [5.41, 5.74) is 0.947. The summed E-state index contributed by atoms with van der Waals surface area (Å²) in [6, 6.07) is 0. The van der Waals surface area contributed by atoms with Crippen LogP contribution in [0, 0.1) is 34.5 Å². The Labute approximate surface area is 106 Å². The average molecular weight is 236 g/mol. The molecule has 0 spiro atoms. The van der Waals surface area contributed by atoms with Crippen LogP contribution in [0.1, 0.15) is 59.8 Å². The Morgan fingerprint density at radius 3 is 2.47 bits per heavy atom. The highest BCUT2D eigenvalue weighted by Gasteiger charge is 2.65. The van der Waals surface area contributed by atoms with Gasteiger partial charge in [0, 0.05) is 0 Å². The summed E-state index contributed by atoms with van der Waals surface area (Å²) in [7, 11) is 0. The zero-order valence-electron chi connectivity index (χ0n) is 11.9. The Hall–Kier alpha value is -0.0400. The third kappa shape index (κ3) is 1.41. The van der Waals surface area contributed by atoms with Crippen molar-refractivity contribution in [2.45, 2.75) is 65.9 Å². The molecule has 1 nitrogen and oxygen atoms in total. The van der Waals surface area contributed by atoms with Crippen molar-refractivity contribution < 1.29 is 5.11 Å². The van der Waals surface area contributed by atoms with Crippen LogP contribution < -0.4 is 0 Å². The molecule has 3 fully saturated rings. The number of rotatable bonds is 1. The first kappa shape index (κ1) is 12.0. The third-order valence-corrected chi connectivity index (χ3v) is 6.73. The smallest absolute Gasteiger partial charge is 0.0548 e. The molecule has 0 aliphatic heterocycles. The molecule has 0 aromatic rings. The van der Waals surface area contributed by atoms with Crippen LogP contribution in [-0.4, -0.2) is 11.2 Å². The maximum absolute atomic E-state index is 10.2. The lowest BCUT2D eigenvalue weighted by Crippen LogP contribution is -2.40. The second-order valence-electron chi connectivity index (χ2n) is 7.99. The van der Waals surface area contributed by atoms with Gasteiger partial charge in [-0.25, -0.2) is 0 Å². The lowest BCUT2D eigenvalue weighted by atomic mass is 9.63. The molecule has 0 amide bonds. The predicted octanol–water partition coefficient (Wildman–Crippen LogP) is 3.86. The Morgan fingerprint density at radius 2 is 1.82 bits per heavy atom. The molecule has 3 aliphatic carbocycles. The standard InChI is InChI=1S/C16H28O/c1-10(17)13-11-6-7-12-14(11)15(2,3)8-5-9-16(12,13)4/h10-14,17H,5-9H2,1-4H3/t10-,11+,12+,13+,14-,16-/m0/s1. The van der Waals surface area contributed by atoms with Gasteiger partial charge in [0.15, 0.2) is 0 Å². The second-order valence-corrected chi connectivity index (χ2v) is 7.99. The zero-order chi connectivity index (χ0) is 12.4. The molecule has 3 rings (SSSR count). The van der Waals surface area contributed by atoms with Gasteiger partial charge in [-0.05, 0) is 67.1 Å². The van der Waals surface area contributed by atoms with E-state index in [1.54, 1.807) is 0 Å². The van der Waals surface area contributed by atoms with Crippen LogP contribution in [0.5, 0.6) is 0 Å². The van der Waals surface area contributed by atoms with E-state index in [0.29, 0.717) is 16.7 Å². The second kappa shape index (κ2) is 3.50. The molecule has 1 heteroatoms. The molecule has 1 N–H and O–H groups in total. The first-order valence-electron chi connectivity index (χ1n) is 7.56. The van der Waals surface area contributed by atoms with Gasteiger partial charge in [-0.3, -0.25) is 0 Å². The van der Waals surface area contributed by atoms with Gasteiger partial charge in [-0.1, -0.05) is 27.2 Å². The molecule has 6 atom stereocenters. The zero-order valence-corrected chi connectivity index (χ0v) is 11.9. The Kier molecular flexibility index (Phi) is 2.47. The lowest BCUT2D eigenvalue weighted by Gasteiger charge is -2.43. The normalized spacial score (nSPS) is 53.5. The summed E-state index contributed by atoms with van der Waals surface area (Å²) in [6.07, 6.45) is 6.82. The molecule has 0 aromatic heterocycles. The van der Waals surface area contributed by atoms with Gasteiger partial charge < -0.3 is 5.11 Å². The van der Waals surface area contributed by atoms with E-state index >= 15 is 0 Å². The van der Waals surface area contributed by atoms with E-state index in [1.165, 1.54) is 32.1 Å². The summed E-state index contributed by atoms with van der Waals surface area (Å²) in [6.45, 7) is 9.50. The highest BCUT2D eigenvalue weighted by molar-refractivity contribution is 5.13. The van der Waals surface area contributed by atoms with Gasteiger partial charge in [0.2, 0.25) is 0 Å². The number of aliphatic hydroxyl groups is 1. The topological polar surface area (TPSA) is 20.2 Å². The number of aliphatic hydroxyl groups excluding tert-OH is 1. The summed E-state index contributed by atoms with van der Waals surface area (Å²) in [5, 5.41) is 10.2. The van der Waals surface area contributed by atoms with Crippen molar-refractivity contribution in [3.05, 3.63) is 0 Å². The Bertz CT molecular complexity index is 319. The molecular weight excluding hydrogens is 208 g/mol. The van der Waals surface area contributed by atoms with Gasteiger partial charge >= 0.3 is 0 Å². The average Bonchev–Trinajstić information content (AvgIpc) is 2.67. The minimum Gasteiger partial charge on any atom is -0.393 e. The lowest BCUT2D eigenvalue weighted by molar-refractivity contribution is -0.0117. The molecular formula is C16H28O. The number of hydrogen-bond acceptors (Lipinski definition) is 1. The SMILES string of the molecule is C[C@H](O)[C@@H]1[C@H]2CC[C@@H]3[C@H]2C(C)(C)CCC[C@]13C. The summed E-state index contributed by atoms with van der Waals surface area (Å²) in [4.78, 5) is 0. The van der Waals surface area contributed by atoms with Crippen LogP contribution >= 0.6 is 0 Å². The highest BCUT2D eigenvalue weighted by Crippen LogP contribution is 2.71. The first-order valence-corrected chi connectivity index (χ1v) is 7.56. The van der Waals surface area contributed by atoms with Crippen molar-refractivity contribution in [3.8, 4) is 0 Å². The maximum atomic E-state index is 10.2. The number of hydrogen-bond donors (Lipinski definition) is 1. The van der Waals surface area contributed by atoms with E-state index in [-0.39, 0.29) is 6.10 Å². The molecule has 98 valence electrons. The van der Waals surface area contributed by atoms with Crippen LogP contribution in [0.2, 0.25) is 0 Å². The molecule has 3 saturated carbocycles. The van der Waals surface area contributed by atoms with E-state index in [0.717, 1.165) is 17.8 Å². The van der Waals surface area contributed by atoms with Crippen molar-refractivity contribution in [1.29, 1.82) is 0 Å². The minimum absolute atomic E-state index is 0.105. The van der Waals surface area contributed by atoms with Crippen LogP contribution in [0.25, 0.3) is 0 Å². The van der Waals surface area contributed by atoms with Crippen LogP contribution in [0.3, 0.4) is 0 Å². The molecule has 17 heavy (non-hydrogen) atoms. The monoisotopic (exact) mass is 236 g/mol. The summed E-state index contributed by atoms with van der Waals surface area (Å²) >= 11 is 0. The fraction of sp³-hybridized carbons (Fsp3) is 1.00. The largest absolute Gasteiger partial charge is 0.393 e. The molecule has 0 unspecified atom stereocenters. The summed E-state index contributed by atoms with van der Waals surface area (Å²) in [5.74, 6) is 3.16. The quantitative estimate of drug-likeness (QED) is 0.733. The Balaban J connectivity index is 2.05. The van der Waals surface area contributed by atoms with Crippen molar-refractivity contribution in [2.24, 2.45) is 34.5 Å². The van der Waals surface area contributed by atoms with E-state index in [1.807, 2.05) is 6.92 Å². The van der Waals surface area contributed by atoms with Gasteiger partial charge in [0.1, 0.15) is 0 Å². The molecule has 0 aromatic carbocycles. The molecule has 3 aliphatic rings. The molecule has 0 saturated heterocycles. The molecule has 4 bridgehead atoms. The molecule has 0 radical (unpaired) electrons. The van der Waals surface area contributed by atoms with Crippen molar-refractivity contribution in [2.75, 3.05) is 0 Å². The van der Waals surface area contributed by atoms with Gasteiger partial charge in [0.25, 0.3) is 0 Å². The van der Waals surface area contributed by atoms with E-state index in [9.17, 15) is 5.11 Å². The maximum Gasteiger partial charge on any atom is 0.0548 e. The van der Waals surface area contributed by atoms with Crippen molar-refractivity contribution in [1.82, 2.24) is 0 Å². The van der Waals surface area contributed by atoms with Crippen molar-refractivity contribution in [3.63, 3.8) is 0 Å². The highest BCUT2D eigenvalue weighted by atomic mass is 16.3. The first-order chi connectivity index (χ1) is 7.88. The van der Waals surface area contributed by atoms with Crippen LogP contribution in [0.15, 0.2) is 0 Å². The fourth-order valence-electron chi connectivity index (χ4n) is 6.39. The summed E-state index contributed by atoms with van der Waals surface area (Å²) < 4.78 is 0. The minimum atomic E-state index is -0.105. The Morgan fingerprint density at radius 1 is 1.12 bits per heavy atom. The predicted molar refractivity (Wildman–Crippen MR) is 70.6 cm³/mol. The van der Waals surface area contributed by atoms with Crippen LogP contribution in [0.4, 0.5) is 0 Å². The van der Waals surface area contributed by atoms with Gasteiger partial charge in [-0.2, -0.15) is 0 Å². The third-order valence-electron chi connectivity index (χ3n) is 6.73. The van der Waals surface area contributed by atoms with Crippen LogP contribution in [-0.2, 0) is 0 Å². The van der Waals surface area contributed by atoms with E-state index < -0.39 is 0 Å². The fourth-order valence-corrected chi connectivity index (χ4v) is 6.39. The van der Waals surface area contributed by atoms with E-state index in [4.69, 9.17) is 0 Å².